The van der Waals surface area contributed by atoms with Gasteiger partial charge >= 0.3 is 0 Å². The van der Waals surface area contributed by atoms with Crippen LogP contribution in [-0.4, -0.2) is 26.4 Å². The average Bonchev–Trinajstić information content (AvgIpc) is 2.64. The summed E-state index contributed by atoms with van der Waals surface area (Å²) >= 11 is 9.65. The molecule has 0 aliphatic heterocycles. The third-order valence-electron chi connectivity index (χ3n) is 4.00. The molecule has 2 aromatic rings. The van der Waals surface area contributed by atoms with E-state index in [0.717, 1.165) is 29.6 Å². The highest BCUT2D eigenvalue weighted by atomic mass is 79.9. The summed E-state index contributed by atoms with van der Waals surface area (Å²) in [4.78, 5) is 0. The molecule has 2 rings (SSSR count). The molecule has 0 aliphatic rings. The van der Waals surface area contributed by atoms with Crippen molar-refractivity contribution >= 4 is 27.5 Å². The zero-order valence-electron chi connectivity index (χ0n) is 16.4. The first-order valence-corrected chi connectivity index (χ1v) is 10.3. The number of methoxy groups -OCH3 is 1. The third-order valence-corrected chi connectivity index (χ3v) is 5.09. The standard InChI is InChI=1S/C21H26BrClFNO3/c1-14(2)27-8-4-7-25-12-16-9-20(26-3)21(11-18(16)22)28-13-15-5-6-17(24)10-19(15)23/h5-6,9-11,14,25H,4,7-8,12-13H2,1-3H3. The average molecular weight is 475 g/mol. The van der Waals surface area contributed by atoms with Gasteiger partial charge in [-0.25, -0.2) is 4.39 Å². The molecule has 0 fully saturated rings. The summed E-state index contributed by atoms with van der Waals surface area (Å²) in [5.74, 6) is 0.840. The van der Waals surface area contributed by atoms with E-state index in [1.807, 2.05) is 26.0 Å². The number of ether oxygens (including phenoxy) is 3. The van der Waals surface area contributed by atoms with Crippen LogP contribution in [-0.2, 0) is 17.9 Å². The SMILES string of the molecule is COc1cc(CNCCCOC(C)C)c(Br)cc1OCc1ccc(F)cc1Cl. The Labute approximate surface area is 179 Å². The number of halogens is 3. The van der Waals surface area contributed by atoms with E-state index >= 15 is 0 Å². The van der Waals surface area contributed by atoms with Gasteiger partial charge in [-0.05, 0) is 56.6 Å². The number of hydrogen-bond donors (Lipinski definition) is 1. The molecule has 4 nitrogen and oxygen atoms in total. The summed E-state index contributed by atoms with van der Waals surface area (Å²) in [5, 5.41) is 3.73. The minimum absolute atomic E-state index is 0.218. The molecule has 0 aromatic heterocycles. The summed E-state index contributed by atoms with van der Waals surface area (Å²) in [7, 11) is 1.60. The summed E-state index contributed by atoms with van der Waals surface area (Å²) in [5.41, 5.74) is 1.77. The maximum Gasteiger partial charge on any atom is 0.162 e. The lowest BCUT2D eigenvalue weighted by molar-refractivity contribution is 0.0770. The van der Waals surface area contributed by atoms with Crippen molar-refractivity contribution in [2.24, 2.45) is 0 Å². The fourth-order valence-electron chi connectivity index (χ4n) is 2.52. The van der Waals surface area contributed by atoms with E-state index in [1.165, 1.54) is 12.1 Å². The molecule has 2 aromatic carbocycles. The second-order valence-electron chi connectivity index (χ2n) is 6.57. The summed E-state index contributed by atoms with van der Waals surface area (Å²) in [6.45, 7) is 6.59. The van der Waals surface area contributed by atoms with Crippen molar-refractivity contribution in [2.75, 3.05) is 20.3 Å². The van der Waals surface area contributed by atoms with Gasteiger partial charge in [0.15, 0.2) is 11.5 Å². The van der Waals surface area contributed by atoms with Crippen LogP contribution in [0.3, 0.4) is 0 Å². The highest BCUT2D eigenvalue weighted by molar-refractivity contribution is 9.10. The molecule has 0 saturated carbocycles. The number of rotatable bonds is 11. The van der Waals surface area contributed by atoms with E-state index in [-0.39, 0.29) is 18.5 Å². The Balaban J connectivity index is 1.94. The summed E-state index contributed by atoms with van der Waals surface area (Å²) < 4.78 is 30.9. The first kappa shape index (κ1) is 22.9. The van der Waals surface area contributed by atoms with Crippen LogP contribution < -0.4 is 14.8 Å². The van der Waals surface area contributed by atoms with Crippen LogP contribution in [0.4, 0.5) is 4.39 Å². The molecule has 0 atom stereocenters. The molecule has 0 heterocycles. The van der Waals surface area contributed by atoms with Gasteiger partial charge < -0.3 is 19.5 Å². The Morgan fingerprint density at radius 2 is 1.93 bits per heavy atom. The monoisotopic (exact) mass is 473 g/mol. The van der Waals surface area contributed by atoms with E-state index in [4.69, 9.17) is 25.8 Å². The zero-order valence-corrected chi connectivity index (χ0v) is 18.7. The lowest BCUT2D eigenvalue weighted by Gasteiger charge is -2.15. The molecule has 0 spiro atoms. The van der Waals surface area contributed by atoms with Crippen molar-refractivity contribution in [3.63, 3.8) is 0 Å². The van der Waals surface area contributed by atoms with Gasteiger partial charge in [-0.2, -0.15) is 0 Å². The van der Waals surface area contributed by atoms with Gasteiger partial charge in [0, 0.05) is 23.2 Å². The van der Waals surface area contributed by atoms with Crippen molar-refractivity contribution in [3.05, 3.63) is 56.8 Å². The quantitative estimate of drug-likeness (QED) is 0.422. The lowest BCUT2D eigenvalue weighted by Crippen LogP contribution is -2.17. The van der Waals surface area contributed by atoms with E-state index in [2.05, 4.69) is 21.2 Å². The second-order valence-corrected chi connectivity index (χ2v) is 7.83. The minimum atomic E-state index is -0.373. The van der Waals surface area contributed by atoms with Crippen molar-refractivity contribution in [2.45, 2.75) is 39.5 Å². The second kappa shape index (κ2) is 11.6. The largest absolute Gasteiger partial charge is 0.493 e. The van der Waals surface area contributed by atoms with E-state index in [9.17, 15) is 4.39 Å². The molecule has 28 heavy (non-hydrogen) atoms. The van der Waals surface area contributed by atoms with Crippen LogP contribution in [0.1, 0.15) is 31.4 Å². The Morgan fingerprint density at radius 1 is 1.14 bits per heavy atom. The molecule has 1 N–H and O–H groups in total. The molecule has 0 aliphatic carbocycles. The Hall–Kier alpha value is -1.34. The highest BCUT2D eigenvalue weighted by Crippen LogP contribution is 2.34. The normalized spacial score (nSPS) is 11.1. The lowest BCUT2D eigenvalue weighted by atomic mass is 10.2. The fraction of sp³-hybridized carbons (Fsp3) is 0.429. The Morgan fingerprint density at radius 3 is 2.61 bits per heavy atom. The molecule has 0 unspecified atom stereocenters. The number of hydrogen-bond acceptors (Lipinski definition) is 4. The first-order valence-electron chi connectivity index (χ1n) is 9.16. The number of benzene rings is 2. The molecule has 7 heteroatoms. The molecule has 0 radical (unpaired) electrons. The van der Waals surface area contributed by atoms with Gasteiger partial charge in [0.1, 0.15) is 12.4 Å². The van der Waals surface area contributed by atoms with Gasteiger partial charge in [0.2, 0.25) is 0 Å². The van der Waals surface area contributed by atoms with Crippen molar-refractivity contribution in [1.82, 2.24) is 5.32 Å². The van der Waals surface area contributed by atoms with Crippen LogP contribution in [0.25, 0.3) is 0 Å². The van der Waals surface area contributed by atoms with Crippen molar-refractivity contribution in [1.29, 1.82) is 0 Å². The molecule has 0 bridgehead atoms. The van der Waals surface area contributed by atoms with Crippen LogP contribution >= 0.6 is 27.5 Å². The van der Waals surface area contributed by atoms with Crippen LogP contribution in [0.15, 0.2) is 34.8 Å². The topological polar surface area (TPSA) is 39.7 Å². The predicted octanol–water partition coefficient (Wildman–Crippen LogP) is 5.73. The maximum absolute atomic E-state index is 13.2. The first-order chi connectivity index (χ1) is 13.4. The number of nitrogens with one attached hydrogen (secondary N) is 1. The van der Waals surface area contributed by atoms with E-state index in [0.29, 0.717) is 28.6 Å². The van der Waals surface area contributed by atoms with Gasteiger partial charge in [0.05, 0.1) is 18.2 Å². The minimum Gasteiger partial charge on any atom is -0.493 e. The van der Waals surface area contributed by atoms with Crippen molar-refractivity contribution < 1.29 is 18.6 Å². The Bertz CT molecular complexity index is 774. The molecule has 0 amide bonds. The van der Waals surface area contributed by atoms with Crippen LogP contribution in [0.2, 0.25) is 5.02 Å². The Kier molecular flexibility index (Phi) is 9.51. The van der Waals surface area contributed by atoms with Gasteiger partial charge in [0.25, 0.3) is 0 Å². The molecule has 0 saturated heterocycles. The van der Waals surface area contributed by atoms with Gasteiger partial charge in [-0.3, -0.25) is 0 Å². The summed E-state index contributed by atoms with van der Waals surface area (Å²) in [6, 6.07) is 8.05. The zero-order chi connectivity index (χ0) is 20.5. The maximum atomic E-state index is 13.2. The fourth-order valence-corrected chi connectivity index (χ4v) is 3.20. The summed E-state index contributed by atoms with van der Waals surface area (Å²) in [6.07, 6.45) is 1.21. The van der Waals surface area contributed by atoms with E-state index < -0.39 is 0 Å². The molecular formula is C21H26BrClFNO3. The highest BCUT2D eigenvalue weighted by Gasteiger charge is 2.12. The van der Waals surface area contributed by atoms with Gasteiger partial charge in [-0.1, -0.05) is 33.6 Å². The van der Waals surface area contributed by atoms with Gasteiger partial charge in [-0.15, -0.1) is 0 Å². The van der Waals surface area contributed by atoms with Crippen molar-refractivity contribution in [3.8, 4) is 11.5 Å². The molecule has 154 valence electrons. The van der Waals surface area contributed by atoms with E-state index in [1.54, 1.807) is 13.2 Å². The van der Waals surface area contributed by atoms with Crippen LogP contribution in [0, 0.1) is 5.82 Å². The molecular weight excluding hydrogens is 449 g/mol. The third kappa shape index (κ3) is 7.24. The smallest absolute Gasteiger partial charge is 0.162 e. The predicted molar refractivity (Wildman–Crippen MR) is 114 cm³/mol. The van der Waals surface area contributed by atoms with Crippen LogP contribution in [0.5, 0.6) is 11.5 Å².